The van der Waals surface area contributed by atoms with Gasteiger partial charge in [0.25, 0.3) is 5.91 Å². The Morgan fingerprint density at radius 2 is 2.19 bits per heavy atom. The van der Waals surface area contributed by atoms with Gasteiger partial charge in [-0.1, -0.05) is 0 Å². The minimum atomic E-state index is -1.08. The van der Waals surface area contributed by atoms with Crippen LogP contribution in [0.2, 0.25) is 0 Å². The Morgan fingerprint density at radius 3 is 2.75 bits per heavy atom. The summed E-state index contributed by atoms with van der Waals surface area (Å²) in [5, 5.41) is 11.3. The fourth-order valence-corrected chi connectivity index (χ4v) is 1.50. The normalized spacial score (nSPS) is 9.62. The van der Waals surface area contributed by atoms with E-state index in [1.54, 1.807) is 6.07 Å². The highest BCUT2D eigenvalue weighted by atomic mass is 127. The molecule has 0 radical (unpaired) electrons. The second-order valence-corrected chi connectivity index (χ2v) is 4.15. The zero-order valence-electron chi connectivity index (χ0n) is 8.49. The third-order valence-electron chi connectivity index (χ3n) is 1.81. The lowest BCUT2D eigenvalue weighted by Crippen LogP contribution is -2.25. The molecule has 0 saturated carbocycles. The van der Waals surface area contributed by atoms with Crippen LogP contribution in [-0.4, -0.2) is 30.6 Å². The molecule has 0 heterocycles. The number of hydrogen-bond acceptors (Lipinski definition) is 3. The zero-order chi connectivity index (χ0) is 12.1. The molecule has 0 saturated heterocycles. The summed E-state index contributed by atoms with van der Waals surface area (Å²) < 4.78 is 5.90. The Labute approximate surface area is 106 Å². The number of carbonyl (C=O) groups is 2. The second kappa shape index (κ2) is 5.69. The van der Waals surface area contributed by atoms with Crippen molar-refractivity contribution in [3.05, 3.63) is 27.3 Å². The number of halogens is 1. The van der Waals surface area contributed by atoms with Gasteiger partial charge in [0.1, 0.15) is 11.3 Å². The molecule has 0 bridgehead atoms. The van der Waals surface area contributed by atoms with Crippen LogP contribution in [0.15, 0.2) is 18.2 Å². The van der Waals surface area contributed by atoms with Gasteiger partial charge < -0.3 is 15.2 Å². The predicted octanol–water partition coefficient (Wildman–Crippen LogP) is 1.11. The minimum absolute atomic E-state index is 0.0517. The second-order valence-electron chi connectivity index (χ2n) is 2.91. The highest BCUT2D eigenvalue weighted by Crippen LogP contribution is 2.21. The van der Waals surface area contributed by atoms with E-state index in [9.17, 15) is 9.59 Å². The van der Waals surface area contributed by atoms with E-state index in [1.807, 2.05) is 22.6 Å². The molecular weight excluding hydrogens is 325 g/mol. The van der Waals surface area contributed by atoms with E-state index in [1.165, 1.54) is 19.2 Å². The summed E-state index contributed by atoms with van der Waals surface area (Å²) in [6.45, 7) is -0.197. The SMILES string of the molecule is CNC(=O)COc1ccc(I)cc1C(=O)O. The van der Waals surface area contributed by atoms with E-state index in [4.69, 9.17) is 9.84 Å². The van der Waals surface area contributed by atoms with Gasteiger partial charge >= 0.3 is 5.97 Å². The highest BCUT2D eigenvalue weighted by molar-refractivity contribution is 14.1. The van der Waals surface area contributed by atoms with Crippen molar-refractivity contribution in [2.75, 3.05) is 13.7 Å². The molecule has 0 spiro atoms. The molecule has 5 nitrogen and oxygen atoms in total. The molecule has 0 unspecified atom stereocenters. The average molecular weight is 335 g/mol. The van der Waals surface area contributed by atoms with Gasteiger partial charge in [0, 0.05) is 10.6 Å². The monoisotopic (exact) mass is 335 g/mol. The fourth-order valence-electron chi connectivity index (χ4n) is 1.01. The number of benzene rings is 1. The average Bonchev–Trinajstić information content (AvgIpc) is 2.26. The molecular formula is C10H10INO4. The van der Waals surface area contributed by atoms with Gasteiger partial charge in [0.05, 0.1) is 0 Å². The maximum Gasteiger partial charge on any atom is 0.339 e. The number of ether oxygens (including phenoxy) is 1. The number of amides is 1. The molecule has 6 heteroatoms. The molecule has 0 fully saturated rings. The molecule has 0 aliphatic carbocycles. The smallest absolute Gasteiger partial charge is 0.339 e. The van der Waals surface area contributed by atoms with Gasteiger partial charge in [0.15, 0.2) is 6.61 Å². The van der Waals surface area contributed by atoms with Crippen LogP contribution >= 0.6 is 22.6 Å². The van der Waals surface area contributed by atoms with Crippen LogP contribution in [0.4, 0.5) is 0 Å². The third-order valence-corrected chi connectivity index (χ3v) is 2.48. The number of hydrogen-bond donors (Lipinski definition) is 2. The van der Waals surface area contributed by atoms with Crippen LogP contribution in [0.25, 0.3) is 0 Å². The maximum absolute atomic E-state index is 10.9. The number of carboxylic acids is 1. The summed E-state index contributed by atoms with van der Waals surface area (Å²) in [6, 6.07) is 4.74. The number of nitrogens with one attached hydrogen (secondary N) is 1. The maximum atomic E-state index is 10.9. The van der Waals surface area contributed by atoms with Crippen molar-refractivity contribution in [1.29, 1.82) is 0 Å². The minimum Gasteiger partial charge on any atom is -0.483 e. The van der Waals surface area contributed by atoms with Crippen molar-refractivity contribution in [3.8, 4) is 5.75 Å². The summed E-state index contributed by atoms with van der Waals surface area (Å²) in [5.41, 5.74) is 0.0517. The van der Waals surface area contributed by atoms with Gasteiger partial charge in [-0.15, -0.1) is 0 Å². The first-order valence-electron chi connectivity index (χ1n) is 4.41. The molecule has 0 aliphatic rings. The number of rotatable bonds is 4. The molecule has 86 valence electrons. The van der Waals surface area contributed by atoms with Crippen LogP contribution in [-0.2, 0) is 4.79 Å². The Hall–Kier alpha value is -1.31. The summed E-state index contributed by atoms with van der Waals surface area (Å²) in [6.07, 6.45) is 0. The molecule has 0 aromatic heterocycles. The van der Waals surface area contributed by atoms with E-state index in [0.29, 0.717) is 0 Å². The molecule has 1 rings (SSSR count). The molecule has 1 amide bonds. The molecule has 2 N–H and O–H groups in total. The van der Waals surface area contributed by atoms with Crippen LogP contribution in [0.1, 0.15) is 10.4 Å². The Morgan fingerprint density at radius 1 is 1.50 bits per heavy atom. The van der Waals surface area contributed by atoms with Crippen LogP contribution in [0.5, 0.6) is 5.75 Å². The van der Waals surface area contributed by atoms with Gasteiger partial charge in [-0.3, -0.25) is 4.79 Å². The molecule has 1 aromatic rings. The Bertz CT molecular complexity index is 419. The van der Waals surface area contributed by atoms with Crippen molar-refractivity contribution >= 4 is 34.5 Å². The topological polar surface area (TPSA) is 75.6 Å². The van der Waals surface area contributed by atoms with Crippen molar-refractivity contribution in [2.24, 2.45) is 0 Å². The Kier molecular flexibility index (Phi) is 4.53. The van der Waals surface area contributed by atoms with Gasteiger partial charge in [-0.2, -0.15) is 0 Å². The van der Waals surface area contributed by atoms with Crippen molar-refractivity contribution in [1.82, 2.24) is 5.32 Å². The standard InChI is InChI=1S/C10H10INO4/c1-12-9(13)5-16-8-3-2-6(11)4-7(8)10(14)15/h2-4H,5H2,1H3,(H,12,13)(H,14,15). The van der Waals surface area contributed by atoms with Crippen LogP contribution < -0.4 is 10.1 Å². The number of likely N-dealkylation sites (N-methyl/N-ethyl adjacent to an activating group) is 1. The largest absolute Gasteiger partial charge is 0.483 e. The summed E-state index contributed by atoms with van der Waals surface area (Å²) >= 11 is 2.01. The number of carboxylic acid groups (broad SMARTS) is 1. The van der Waals surface area contributed by atoms with Crippen molar-refractivity contribution < 1.29 is 19.4 Å². The van der Waals surface area contributed by atoms with E-state index >= 15 is 0 Å². The quantitative estimate of drug-likeness (QED) is 0.809. The first kappa shape index (κ1) is 12.8. The highest BCUT2D eigenvalue weighted by Gasteiger charge is 2.12. The number of carbonyl (C=O) groups excluding carboxylic acids is 1. The number of aromatic carboxylic acids is 1. The Balaban J connectivity index is 2.87. The first-order chi connectivity index (χ1) is 7.54. The lowest BCUT2D eigenvalue weighted by Gasteiger charge is -2.08. The van der Waals surface area contributed by atoms with Crippen LogP contribution in [0.3, 0.4) is 0 Å². The predicted molar refractivity (Wildman–Crippen MR) is 65.7 cm³/mol. The zero-order valence-corrected chi connectivity index (χ0v) is 10.6. The van der Waals surface area contributed by atoms with Crippen molar-refractivity contribution in [3.63, 3.8) is 0 Å². The summed E-state index contributed by atoms with van der Waals surface area (Å²) in [5.74, 6) is -1.20. The lowest BCUT2D eigenvalue weighted by molar-refractivity contribution is -0.122. The first-order valence-corrected chi connectivity index (χ1v) is 5.48. The van der Waals surface area contributed by atoms with Gasteiger partial charge in [-0.25, -0.2) is 4.79 Å². The van der Waals surface area contributed by atoms with E-state index < -0.39 is 5.97 Å². The molecule has 0 aliphatic heterocycles. The van der Waals surface area contributed by atoms with Crippen molar-refractivity contribution in [2.45, 2.75) is 0 Å². The van der Waals surface area contributed by atoms with Gasteiger partial charge in [-0.05, 0) is 40.8 Å². The molecule has 16 heavy (non-hydrogen) atoms. The van der Waals surface area contributed by atoms with E-state index in [-0.39, 0.29) is 23.8 Å². The van der Waals surface area contributed by atoms with E-state index in [2.05, 4.69) is 5.32 Å². The van der Waals surface area contributed by atoms with Gasteiger partial charge in [0.2, 0.25) is 0 Å². The summed E-state index contributed by atoms with van der Waals surface area (Å²) in [7, 11) is 1.48. The van der Waals surface area contributed by atoms with Crippen LogP contribution in [0, 0.1) is 3.57 Å². The molecule has 1 aromatic carbocycles. The molecule has 0 atom stereocenters. The summed E-state index contributed by atoms with van der Waals surface area (Å²) in [4.78, 5) is 21.9. The fraction of sp³-hybridized carbons (Fsp3) is 0.200. The lowest BCUT2D eigenvalue weighted by atomic mass is 10.2. The van der Waals surface area contributed by atoms with E-state index in [0.717, 1.165) is 3.57 Å². The third kappa shape index (κ3) is 3.37.